The third-order valence-electron chi connectivity index (χ3n) is 2.59. The number of aryl methyl sites for hydroxylation is 2. The van der Waals surface area contributed by atoms with Gasteiger partial charge in [0.15, 0.2) is 0 Å². The minimum absolute atomic E-state index is 0.384. The Balaban J connectivity index is 0.000000240. The third-order valence-corrected chi connectivity index (χ3v) is 3.66. The molecule has 2 rings (SSSR count). The first-order chi connectivity index (χ1) is 9.90. The molecule has 0 radical (unpaired) electrons. The van der Waals surface area contributed by atoms with E-state index in [1.807, 2.05) is 17.5 Å². The summed E-state index contributed by atoms with van der Waals surface area (Å²) in [5, 5.41) is 21.0. The van der Waals surface area contributed by atoms with Crippen LogP contribution in [0.3, 0.4) is 0 Å². The van der Waals surface area contributed by atoms with Crippen molar-refractivity contribution >= 4 is 23.3 Å². The van der Waals surface area contributed by atoms with Crippen LogP contribution in [0.1, 0.15) is 21.7 Å². The average Bonchev–Trinajstić information content (AvgIpc) is 3.03. The van der Waals surface area contributed by atoms with Crippen LogP contribution in [0.5, 0.6) is 0 Å². The molecule has 0 aromatic carbocycles. The van der Waals surface area contributed by atoms with Crippen LogP contribution >= 0.6 is 11.3 Å². The van der Waals surface area contributed by atoms with Gasteiger partial charge in [0.2, 0.25) is 0 Å². The fourth-order valence-corrected chi connectivity index (χ4v) is 2.44. The number of carboxylic acid groups (broad SMARTS) is 2. The highest BCUT2D eigenvalue weighted by Crippen LogP contribution is 2.22. The van der Waals surface area contributed by atoms with Gasteiger partial charge in [0.25, 0.3) is 0 Å². The molecule has 0 saturated heterocycles. The molecule has 2 aromatic heterocycles. The molecule has 0 spiro atoms. The van der Waals surface area contributed by atoms with Gasteiger partial charge < -0.3 is 24.8 Å². The van der Waals surface area contributed by atoms with Crippen LogP contribution in [-0.2, 0) is 16.0 Å². The lowest BCUT2D eigenvalue weighted by atomic mass is 10.1. The second kappa shape index (κ2) is 8.01. The first-order valence-corrected chi connectivity index (χ1v) is 6.89. The molecule has 21 heavy (non-hydrogen) atoms. The Labute approximate surface area is 125 Å². The number of imidazole rings is 1. The van der Waals surface area contributed by atoms with Crippen molar-refractivity contribution in [2.24, 2.45) is 0 Å². The summed E-state index contributed by atoms with van der Waals surface area (Å²) in [5.41, 5.74) is 4.01. The minimum atomic E-state index is -1.55. The minimum Gasteiger partial charge on any atom is -0.545 e. The van der Waals surface area contributed by atoms with E-state index in [-0.39, 0.29) is 0 Å². The maximum Gasteiger partial charge on any atom is 0.0921 e. The molecule has 112 valence electrons. The van der Waals surface area contributed by atoms with Crippen LogP contribution in [0.15, 0.2) is 30.1 Å². The summed E-state index contributed by atoms with van der Waals surface area (Å²) in [7, 11) is 0. The van der Waals surface area contributed by atoms with Gasteiger partial charge in [0.05, 0.1) is 18.3 Å². The fourth-order valence-electron chi connectivity index (χ4n) is 1.57. The molecule has 0 aliphatic carbocycles. The number of nitrogens with one attached hydrogen (secondary N) is 1. The number of H-pyrrole nitrogens is 1. The Morgan fingerprint density at radius 2 is 1.90 bits per heavy atom. The summed E-state index contributed by atoms with van der Waals surface area (Å²) in [6.45, 7) is 4.33. The number of nitrogens with zero attached hydrogens (tertiary/aromatic N) is 1. The number of hydrogen-bond acceptors (Lipinski definition) is 6. The number of hydrogen-bond donors (Lipinski definition) is 1. The van der Waals surface area contributed by atoms with Gasteiger partial charge in [0.1, 0.15) is 0 Å². The van der Waals surface area contributed by atoms with Crippen molar-refractivity contribution in [3.63, 3.8) is 0 Å². The number of carbonyl (C=O) groups excluding carboxylic acids is 2. The van der Waals surface area contributed by atoms with Gasteiger partial charge in [-0.05, 0) is 42.5 Å². The largest absolute Gasteiger partial charge is 0.545 e. The third kappa shape index (κ3) is 6.05. The maximum atomic E-state index is 9.41. The number of aliphatic carboxylic acids is 2. The zero-order chi connectivity index (χ0) is 15.8. The summed E-state index contributed by atoms with van der Waals surface area (Å²) in [6, 6.07) is 0. The highest BCUT2D eigenvalue weighted by molar-refractivity contribution is 7.10. The summed E-state index contributed by atoms with van der Waals surface area (Å²) >= 11 is 1.82. The van der Waals surface area contributed by atoms with Crippen LogP contribution in [0.25, 0.3) is 0 Å². The topological polar surface area (TPSA) is 109 Å². The van der Waals surface area contributed by atoms with Crippen molar-refractivity contribution < 1.29 is 19.8 Å². The highest BCUT2D eigenvalue weighted by Gasteiger charge is 2.06. The van der Waals surface area contributed by atoms with E-state index in [0.717, 1.165) is 6.42 Å². The van der Waals surface area contributed by atoms with E-state index >= 15 is 0 Å². The van der Waals surface area contributed by atoms with Gasteiger partial charge in [0, 0.05) is 23.2 Å². The van der Waals surface area contributed by atoms with Crippen LogP contribution in [0.4, 0.5) is 0 Å². The molecule has 0 aliphatic rings. The molecule has 0 bridgehead atoms. The van der Waals surface area contributed by atoms with Crippen molar-refractivity contribution in [2.45, 2.75) is 20.3 Å². The molecule has 1 N–H and O–H groups in total. The molecule has 0 fully saturated rings. The Morgan fingerprint density at radius 1 is 1.29 bits per heavy atom. The molecule has 6 nitrogen and oxygen atoms in total. The van der Waals surface area contributed by atoms with Crippen molar-refractivity contribution in [3.8, 4) is 0 Å². The van der Waals surface area contributed by atoms with E-state index in [0.29, 0.717) is 12.2 Å². The van der Waals surface area contributed by atoms with E-state index in [1.165, 1.54) is 21.7 Å². The maximum absolute atomic E-state index is 9.41. The zero-order valence-corrected chi connectivity index (χ0v) is 12.4. The van der Waals surface area contributed by atoms with E-state index in [9.17, 15) is 19.8 Å². The van der Waals surface area contributed by atoms with Crippen molar-refractivity contribution in [1.82, 2.24) is 9.97 Å². The Bertz CT molecular complexity index is 594. The number of aromatic amines is 1. The van der Waals surface area contributed by atoms with E-state index in [1.54, 1.807) is 6.33 Å². The van der Waals surface area contributed by atoms with Gasteiger partial charge in [-0.15, -0.1) is 11.3 Å². The van der Waals surface area contributed by atoms with Gasteiger partial charge in [-0.25, -0.2) is 4.98 Å². The van der Waals surface area contributed by atoms with Crippen LogP contribution in [0.2, 0.25) is 0 Å². The number of thiophene rings is 1. The first-order valence-electron chi connectivity index (χ1n) is 6.01. The van der Waals surface area contributed by atoms with Crippen LogP contribution < -0.4 is 10.2 Å². The summed E-state index contributed by atoms with van der Waals surface area (Å²) in [5.74, 6) is -3.09. The summed E-state index contributed by atoms with van der Waals surface area (Å²) in [6.07, 6.45) is 5.36. The molecule has 0 aliphatic heterocycles. The highest BCUT2D eigenvalue weighted by atomic mass is 32.1. The number of carboxylic acids is 2. The quantitative estimate of drug-likeness (QED) is 0.781. The zero-order valence-electron chi connectivity index (χ0n) is 11.6. The van der Waals surface area contributed by atoms with Crippen molar-refractivity contribution in [3.05, 3.63) is 51.8 Å². The summed E-state index contributed by atoms with van der Waals surface area (Å²) in [4.78, 5) is 27.4. The van der Waals surface area contributed by atoms with Crippen molar-refractivity contribution in [2.75, 3.05) is 0 Å². The fraction of sp³-hybridized carbons (Fsp3) is 0.214. The predicted octanol–water partition coefficient (Wildman–Crippen LogP) is -0.279. The van der Waals surface area contributed by atoms with E-state index in [4.69, 9.17) is 0 Å². The molecule has 2 heterocycles. The second-order valence-electron chi connectivity index (χ2n) is 4.18. The monoisotopic (exact) mass is 306 g/mol. The van der Waals surface area contributed by atoms with Gasteiger partial charge in [-0.1, -0.05) is 0 Å². The normalized spacial score (nSPS) is 10.2. The Hall–Kier alpha value is -2.41. The van der Waals surface area contributed by atoms with E-state index < -0.39 is 11.9 Å². The molecule has 0 unspecified atom stereocenters. The van der Waals surface area contributed by atoms with Gasteiger partial charge in [-0.2, -0.15) is 0 Å². The lowest BCUT2D eigenvalue weighted by Crippen LogP contribution is -2.23. The molecule has 7 heteroatoms. The molecular formula is C14H14N2O4S-2. The van der Waals surface area contributed by atoms with E-state index in [2.05, 4.69) is 29.2 Å². The predicted molar refractivity (Wildman–Crippen MR) is 74.3 cm³/mol. The van der Waals surface area contributed by atoms with Crippen molar-refractivity contribution in [1.29, 1.82) is 0 Å². The first kappa shape index (κ1) is 16.6. The van der Waals surface area contributed by atoms with Gasteiger partial charge in [-0.3, -0.25) is 0 Å². The lowest BCUT2D eigenvalue weighted by Gasteiger charge is -1.99. The standard InChI is InChI=1S/C10H12N2S.C4H4O4/c1-7-5-13-8(2)10(7)3-9-4-11-6-12-9;5-3(6)1-2-4(7)8/h4-6H,3H2,1-2H3,(H,11,12);1-2H,(H,5,6)(H,7,8)/p-2/b;2-1+. The summed E-state index contributed by atoms with van der Waals surface area (Å²) < 4.78 is 0. The molecule has 2 aromatic rings. The molecule has 0 atom stereocenters. The van der Waals surface area contributed by atoms with Crippen LogP contribution in [0, 0.1) is 13.8 Å². The molecule has 0 amide bonds. The number of rotatable bonds is 4. The smallest absolute Gasteiger partial charge is 0.0921 e. The Kier molecular flexibility index (Phi) is 6.35. The Morgan fingerprint density at radius 3 is 2.29 bits per heavy atom. The second-order valence-corrected chi connectivity index (χ2v) is 5.26. The molecule has 0 saturated carbocycles. The lowest BCUT2D eigenvalue weighted by molar-refractivity contribution is -0.301. The number of carbonyl (C=O) groups is 2. The average molecular weight is 306 g/mol. The van der Waals surface area contributed by atoms with Crippen LogP contribution in [-0.4, -0.2) is 21.9 Å². The SMILES string of the molecule is Cc1csc(C)c1Cc1cnc[nH]1.O=C([O-])/C=C/C(=O)[O-]. The number of aromatic nitrogens is 2. The van der Waals surface area contributed by atoms with Gasteiger partial charge >= 0.3 is 0 Å². The molecular weight excluding hydrogens is 292 g/mol.